The van der Waals surface area contributed by atoms with Crippen molar-refractivity contribution in [1.29, 1.82) is 0 Å². The van der Waals surface area contributed by atoms with E-state index in [9.17, 15) is 14.4 Å². The number of rotatable bonds is 6. The van der Waals surface area contributed by atoms with Crippen molar-refractivity contribution in [2.75, 3.05) is 6.61 Å². The number of ether oxygens (including phenoxy) is 4. The van der Waals surface area contributed by atoms with Gasteiger partial charge in [0.1, 0.15) is 12.7 Å². The predicted octanol–water partition coefficient (Wildman–Crippen LogP) is 2.30. The molecule has 0 bridgehead atoms. The van der Waals surface area contributed by atoms with Crippen LogP contribution in [0.5, 0.6) is 0 Å². The average molecular weight is 417 g/mol. The summed E-state index contributed by atoms with van der Waals surface area (Å²) in [4.78, 5) is 41.8. The third-order valence-electron chi connectivity index (χ3n) is 4.31. The van der Waals surface area contributed by atoms with Crippen LogP contribution in [0, 0.1) is 0 Å². The van der Waals surface area contributed by atoms with E-state index in [0.29, 0.717) is 11.0 Å². The van der Waals surface area contributed by atoms with Crippen molar-refractivity contribution >= 4 is 34.9 Å². The molecule has 0 N–H and O–H groups in total. The molecule has 0 radical (unpaired) electrons. The van der Waals surface area contributed by atoms with Crippen LogP contribution >= 0.6 is 0 Å². The molecule has 1 aromatic carbocycles. The van der Waals surface area contributed by atoms with Crippen molar-refractivity contribution in [2.24, 2.45) is 5.11 Å². The van der Waals surface area contributed by atoms with E-state index in [0.717, 1.165) is 0 Å². The summed E-state index contributed by atoms with van der Waals surface area (Å²) in [6, 6.07) is 6.92. The number of para-hydroxylation sites is 2. The Morgan fingerprint density at radius 2 is 1.80 bits per heavy atom. The van der Waals surface area contributed by atoms with E-state index >= 15 is 0 Å². The molecular formula is C18H19N5O7. The van der Waals surface area contributed by atoms with Crippen LogP contribution in [0.3, 0.4) is 0 Å². The zero-order valence-electron chi connectivity index (χ0n) is 16.4. The summed E-state index contributed by atoms with van der Waals surface area (Å²) >= 11 is 0. The highest BCUT2D eigenvalue weighted by molar-refractivity contribution is 5.78. The largest absolute Gasteiger partial charge is 0.463 e. The van der Waals surface area contributed by atoms with Crippen molar-refractivity contribution in [1.82, 2.24) is 9.55 Å². The number of hydrogen-bond acceptors (Lipinski definition) is 9. The van der Waals surface area contributed by atoms with Crippen molar-refractivity contribution in [3.8, 4) is 0 Å². The summed E-state index contributed by atoms with van der Waals surface area (Å²) in [5.74, 6) is -1.88. The first-order valence-corrected chi connectivity index (χ1v) is 8.97. The van der Waals surface area contributed by atoms with Crippen LogP contribution in [0.15, 0.2) is 29.4 Å². The second-order valence-electron chi connectivity index (χ2n) is 6.48. The second kappa shape index (κ2) is 8.80. The Balaban J connectivity index is 2.11. The van der Waals surface area contributed by atoms with Gasteiger partial charge in [0, 0.05) is 25.7 Å². The van der Waals surface area contributed by atoms with Gasteiger partial charge in [-0.25, -0.2) is 4.98 Å². The van der Waals surface area contributed by atoms with Gasteiger partial charge in [-0.1, -0.05) is 12.1 Å². The molecule has 0 saturated carbocycles. The molecule has 158 valence electrons. The maximum atomic E-state index is 11.8. The van der Waals surface area contributed by atoms with Crippen LogP contribution in [0.4, 0.5) is 5.95 Å². The Labute approximate surface area is 170 Å². The molecule has 12 nitrogen and oxygen atoms in total. The highest BCUT2D eigenvalue weighted by Gasteiger charge is 2.51. The molecule has 2 aromatic rings. The molecule has 0 amide bonds. The Morgan fingerprint density at radius 3 is 2.43 bits per heavy atom. The fourth-order valence-electron chi connectivity index (χ4n) is 3.29. The average Bonchev–Trinajstić information content (AvgIpc) is 3.17. The van der Waals surface area contributed by atoms with Crippen LogP contribution in [-0.4, -0.2) is 52.4 Å². The minimum atomic E-state index is -1.11. The lowest BCUT2D eigenvalue weighted by molar-refractivity contribution is -0.166. The van der Waals surface area contributed by atoms with E-state index in [1.54, 1.807) is 24.3 Å². The number of imidazole rings is 1. The summed E-state index contributed by atoms with van der Waals surface area (Å²) in [5, 5.41) is 3.61. The Morgan fingerprint density at radius 1 is 1.13 bits per heavy atom. The molecule has 0 aliphatic carbocycles. The summed E-state index contributed by atoms with van der Waals surface area (Å²) in [6.07, 6.45) is -4.19. The second-order valence-corrected chi connectivity index (χ2v) is 6.48. The van der Waals surface area contributed by atoms with Gasteiger partial charge in [0.2, 0.25) is 0 Å². The minimum absolute atomic E-state index is 0.0319. The number of nitrogens with zero attached hydrogens (tertiary/aromatic N) is 5. The molecule has 0 unspecified atom stereocenters. The van der Waals surface area contributed by atoms with Gasteiger partial charge in [0.15, 0.2) is 24.4 Å². The Hall–Kier alpha value is -3.63. The fourth-order valence-corrected chi connectivity index (χ4v) is 3.29. The van der Waals surface area contributed by atoms with Crippen molar-refractivity contribution in [3.05, 3.63) is 34.7 Å². The van der Waals surface area contributed by atoms with Crippen LogP contribution in [0.25, 0.3) is 21.5 Å². The molecule has 1 saturated heterocycles. The number of benzene rings is 1. The van der Waals surface area contributed by atoms with E-state index in [-0.39, 0.29) is 12.6 Å². The molecule has 30 heavy (non-hydrogen) atoms. The standard InChI is InChI=1S/C18H19N5O7/c1-9(24)27-8-14-15(28-10(2)25)16(29-11(3)26)17(30-14)23-13-7-5-4-6-12(13)20-18(23)21-22-19/h4-7,14-17H,8H2,1-3H3/t14-,15-,16-,17-/m1/s1. The molecule has 1 fully saturated rings. The number of esters is 3. The maximum Gasteiger partial charge on any atom is 0.303 e. The number of azide groups is 1. The van der Waals surface area contributed by atoms with E-state index in [2.05, 4.69) is 15.0 Å². The Kier molecular flexibility index (Phi) is 6.19. The van der Waals surface area contributed by atoms with E-state index in [1.165, 1.54) is 25.3 Å². The van der Waals surface area contributed by atoms with Crippen LogP contribution in [0.2, 0.25) is 0 Å². The molecule has 0 spiro atoms. The van der Waals surface area contributed by atoms with Crippen molar-refractivity contribution in [2.45, 2.75) is 45.3 Å². The quantitative estimate of drug-likeness (QED) is 0.228. The summed E-state index contributed by atoms with van der Waals surface area (Å²) < 4.78 is 23.2. The number of carbonyl (C=O) groups is 3. The number of aromatic nitrogens is 2. The van der Waals surface area contributed by atoms with Crippen molar-refractivity contribution < 1.29 is 33.3 Å². The van der Waals surface area contributed by atoms with E-state index < -0.39 is 42.4 Å². The Bertz CT molecular complexity index is 1030. The monoisotopic (exact) mass is 417 g/mol. The molecular weight excluding hydrogens is 398 g/mol. The minimum Gasteiger partial charge on any atom is -0.463 e. The van der Waals surface area contributed by atoms with Gasteiger partial charge in [-0.2, -0.15) is 0 Å². The molecule has 1 aromatic heterocycles. The topological polar surface area (TPSA) is 155 Å². The zero-order valence-corrected chi connectivity index (χ0v) is 16.4. The van der Waals surface area contributed by atoms with Gasteiger partial charge in [0.05, 0.1) is 11.0 Å². The normalized spacial score (nSPS) is 22.9. The number of hydrogen-bond donors (Lipinski definition) is 0. The highest BCUT2D eigenvalue weighted by Crippen LogP contribution is 2.39. The first kappa shape index (κ1) is 21.1. The van der Waals surface area contributed by atoms with Crippen molar-refractivity contribution in [3.63, 3.8) is 0 Å². The first-order valence-electron chi connectivity index (χ1n) is 8.97. The van der Waals surface area contributed by atoms with Crippen LogP contribution in [0.1, 0.15) is 27.0 Å². The van der Waals surface area contributed by atoms with Crippen LogP contribution < -0.4 is 0 Å². The van der Waals surface area contributed by atoms with Gasteiger partial charge >= 0.3 is 17.9 Å². The van der Waals surface area contributed by atoms with Gasteiger partial charge in [-0.05, 0) is 22.8 Å². The SMILES string of the molecule is CC(=O)OC[C@H]1O[C@@H](n2c(N=[N+]=[N-])nc3ccccc32)[C@H](OC(C)=O)[C@@H]1OC(C)=O. The number of fused-ring (bicyclic) bond motifs is 1. The van der Waals surface area contributed by atoms with Gasteiger partial charge < -0.3 is 18.9 Å². The molecule has 1 aliphatic heterocycles. The molecule has 4 atom stereocenters. The summed E-state index contributed by atoms with van der Waals surface area (Å²) in [6.45, 7) is 3.37. The fraction of sp³-hybridized carbons (Fsp3) is 0.444. The first-order chi connectivity index (χ1) is 14.3. The predicted molar refractivity (Wildman–Crippen MR) is 100 cm³/mol. The molecule has 1 aliphatic rings. The lowest BCUT2D eigenvalue weighted by Crippen LogP contribution is -2.40. The van der Waals surface area contributed by atoms with Gasteiger partial charge in [-0.15, -0.1) is 0 Å². The van der Waals surface area contributed by atoms with E-state index in [4.69, 9.17) is 24.5 Å². The molecule has 3 rings (SSSR count). The van der Waals surface area contributed by atoms with Gasteiger partial charge in [0.25, 0.3) is 0 Å². The zero-order chi connectivity index (χ0) is 21.8. The summed E-state index contributed by atoms with van der Waals surface area (Å²) in [7, 11) is 0. The lowest BCUT2D eigenvalue weighted by atomic mass is 10.1. The number of carbonyl (C=O) groups excluding carboxylic acids is 3. The lowest BCUT2D eigenvalue weighted by Gasteiger charge is -2.24. The summed E-state index contributed by atoms with van der Waals surface area (Å²) in [5.41, 5.74) is 9.99. The maximum absolute atomic E-state index is 11.8. The molecule has 12 heteroatoms. The third-order valence-corrected chi connectivity index (χ3v) is 4.31. The highest BCUT2D eigenvalue weighted by atomic mass is 16.7. The van der Waals surface area contributed by atoms with Gasteiger partial charge in [-0.3, -0.25) is 19.0 Å². The van der Waals surface area contributed by atoms with E-state index in [1.807, 2.05) is 0 Å². The molecule has 2 heterocycles. The third kappa shape index (κ3) is 4.34. The van der Waals surface area contributed by atoms with Crippen LogP contribution in [-0.2, 0) is 33.3 Å². The smallest absolute Gasteiger partial charge is 0.303 e.